The number of carboxylic acid groups (broad SMARTS) is 1. The van der Waals surface area contributed by atoms with Gasteiger partial charge in [0.1, 0.15) is 6.04 Å². The maximum Gasteiger partial charge on any atom is 0.326 e. The molecule has 1 heterocycles. The van der Waals surface area contributed by atoms with Crippen molar-refractivity contribution in [1.82, 2.24) is 4.90 Å². The Balaban J connectivity index is 2.31. The fourth-order valence-electron chi connectivity index (χ4n) is 2.26. The van der Waals surface area contributed by atoms with Crippen molar-refractivity contribution in [2.24, 2.45) is 0 Å². The topological polar surface area (TPSA) is 57.6 Å². The van der Waals surface area contributed by atoms with E-state index in [9.17, 15) is 18.4 Å². The van der Waals surface area contributed by atoms with Gasteiger partial charge in [-0.1, -0.05) is 6.07 Å². The summed E-state index contributed by atoms with van der Waals surface area (Å²) >= 11 is 0. The lowest BCUT2D eigenvalue weighted by Gasteiger charge is -2.33. The molecule has 1 aliphatic rings. The molecule has 0 spiro atoms. The summed E-state index contributed by atoms with van der Waals surface area (Å²) in [4.78, 5) is 24.3. The van der Waals surface area contributed by atoms with Crippen molar-refractivity contribution in [2.45, 2.75) is 25.3 Å². The number of carbonyl (C=O) groups is 2. The van der Waals surface area contributed by atoms with E-state index in [4.69, 9.17) is 5.11 Å². The Morgan fingerprint density at radius 1 is 1.26 bits per heavy atom. The van der Waals surface area contributed by atoms with Crippen molar-refractivity contribution in [3.8, 4) is 0 Å². The van der Waals surface area contributed by atoms with Gasteiger partial charge in [0, 0.05) is 6.54 Å². The van der Waals surface area contributed by atoms with E-state index in [1.807, 2.05) is 0 Å². The van der Waals surface area contributed by atoms with Gasteiger partial charge >= 0.3 is 5.97 Å². The summed E-state index contributed by atoms with van der Waals surface area (Å²) in [6.45, 7) is 0.242. The van der Waals surface area contributed by atoms with Crippen molar-refractivity contribution >= 4 is 11.9 Å². The molecular formula is C13H13F2NO3. The highest BCUT2D eigenvalue weighted by Crippen LogP contribution is 2.21. The summed E-state index contributed by atoms with van der Waals surface area (Å²) < 4.78 is 26.7. The molecule has 0 radical (unpaired) electrons. The fraction of sp³-hybridized carbons (Fsp3) is 0.385. The summed E-state index contributed by atoms with van der Waals surface area (Å²) in [6.07, 6.45) is 1.69. The smallest absolute Gasteiger partial charge is 0.326 e. The highest BCUT2D eigenvalue weighted by atomic mass is 19.2. The number of hydrogen-bond acceptors (Lipinski definition) is 2. The average Bonchev–Trinajstić information content (AvgIpc) is 2.41. The molecule has 1 aromatic rings. The van der Waals surface area contributed by atoms with Gasteiger partial charge in [0.05, 0.1) is 5.56 Å². The van der Waals surface area contributed by atoms with Gasteiger partial charge in [0.2, 0.25) is 0 Å². The number of piperidine rings is 1. The number of carbonyl (C=O) groups excluding carboxylic acids is 1. The van der Waals surface area contributed by atoms with Crippen LogP contribution in [0.4, 0.5) is 8.78 Å². The molecule has 1 N–H and O–H groups in total. The Labute approximate surface area is 108 Å². The number of halogens is 2. The van der Waals surface area contributed by atoms with E-state index in [0.29, 0.717) is 19.3 Å². The summed E-state index contributed by atoms with van der Waals surface area (Å²) in [7, 11) is 0. The van der Waals surface area contributed by atoms with Crippen molar-refractivity contribution < 1.29 is 23.5 Å². The van der Waals surface area contributed by atoms with Crippen LogP contribution in [0.3, 0.4) is 0 Å². The van der Waals surface area contributed by atoms with Crippen molar-refractivity contribution in [2.75, 3.05) is 6.54 Å². The molecule has 1 aromatic carbocycles. The molecule has 1 aliphatic heterocycles. The molecule has 0 aliphatic carbocycles. The van der Waals surface area contributed by atoms with Crippen LogP contribution in [0.1, 0.15) is 29.6 Å². The van der Waals surface area contributed by atoms with E-state index < -0.39 is 35.1 Å². The van der Waals surface area contributed by atoms with Gasteiger partial charge in [-0.3, -0.25) is 4.79 Å². The third-order valence-corrected chi connectivity index (χ3v) is 3.23. The van der Waals surface area contributed by atoms with Crippen molar-refractivity contribution in [3.05, 3.63) is 35.4 Å². The maximum atomic E-state index is 13.6. The first-order chi connectivity index (χ1) is 9.02. The molecule has 1 amide bonds. The van der Waals surface area contributed by atoms with Crippen LogP contribution in [0, 0.1) is 11.6 Å². The van der Waals surface area contributed by atoms with E-state index in [1.165, 1.54) is 6.07 Å². The number of amides is 1. The van der Waals surface area contributed by atoms with Gasteiger partial charge in [-0.05, 0) is 31.4 Å². The molecule has 4 nitrogen and oxygen atoms in total. The average molecular weight is 269 g/mol. The molecule has 102 valence electrons. The molecule has 2 rings (SSSR count). The highest BCUT2D eigenvalue weighted by molar-refractivity contribution is 5.97. The monoisotopic (exact) mass is 269 g/mol. The number of rotatable bonds is 2. The summed E-state index contributed by atoms with van der Waals surface area (Å²) in [5.74, 6) is -4.24. The van der Waals surface area contributed by atoms with Gasteiger partial charge in [0.15, 0.2) is 11.6 Å². The normalized spacial score (nSPS) is 19.3. The van der Waals surface area contributed by atoms with Gasteiger partial charge < -0.3 is 10.0 Å². The second-order valence-corrected chi connectivity index (χ2v) is 4.45. The third-order valence-electron chi connectivity index (χ3n) is 3.23. The summed E-state index contributed by atoms with van der Waals surface area (Å²) in [5.41, 5.74) is -0.423. The van der Waals surface area contributed by atoms with E-state index >= 15 is 0 Å². The molecule has 0 saturated carbocycles. The Morgan fingerprint density at radius 2 is 2.00 bits per heavy atom. The van der Waals surface area contributed by atoms with Gasteiger partial charge in [-0.2, -0.15) is 0 Å². The second kappa shape index (κ2) is 5.34. The molecule has 19 heavy (non-hydrogen) atoms. The summed E-state index contributed by atoms with van der Waals surface area (Å²) in [6, 6.07) is 2.33. The zero-order valence-electron chi connectivity index (χ0n) is 10.1. The Morgan fingerprint density at radius 3 is 2.68 bits per heavy atom. The predicted octanol–water partition coefficient (Wildman–Crippen LogP) is 2.04. The van der Waals surface area contributed by atoms with Crippen LogP contribution in [-0.2, 0) is 4.79 Å². The van der Waals surface area contributed by atoms with Crippen LogP contribution in [-0.4, -0.2) is 34.5 Å². The first-order valence-electron chi connectivity index (χ1n) is 6.00. The highest BCUT2D eigenvalue weighted by Gasteiger charge is 2.33. The van der Waals surface area contributed by atoms with Crippen LogP contribution < -0.4 is 0 Å². The Bertz CT molecular complexity index is 519. The lowest BCUT2D eigenvalue weighted by Crippen LogP contribution is -2.48. The van der Waals surface area contributed by atoms with E-state index in [2.05, 4.69) is 0 Å². The summed E-state index contributed by atoms with van der Waals surface area (Å²) in [5, 5.41) is 9.07. The lowest BCUT2D eigenvalue weighted by atomic mass is 10.0. The SMILES string of the molecule is O=C(O)C1CCCCN1C(=O)c1cccc(F)c1F. The number of hydrogen-bond donors (Lipinski definition) is 1. The van der Waals surface area contributed by atoms with Crippen molar-refractivity contribution in [1.29, 1.82) is 0 Å². The van der Waals surface area contributed by atoms with Crippen LogP contribution in [0.2, 0.25) is 0 Å². The molecule has 0 bridgehead atoms. The minimum Gasteiger partial charge on any atom is -0.480 e. The second-order valence-electron chi connectivity index (χ2n) is 4.45. The Kier molecular flexibility index (Phi) is 3.78. The quantitative estimate of drug-likeness (QED) is 0.893. The lowest BCUT2D eigenvalue weighted by molar-refractivity contribution is -0.143. The number of benzene rings is 1. The minimum atomic E-state index is -1.23. The maximum absolute atomic E-state index is 13.6. The van der Waals surface area contributed by atoms with E-state index in [1.54, 1.807) is 0 Å². The molecule has 1 unspecified atom stereocenters. The first kappa shape index (κ1) is 13.5. The van der Waals surface area contributed by atoms with Crippen LogP contribution in [0.5, 0.6) is 0 Å². The molecule has 0 aromatic heterocycles. The van der Waals surface area contributed by atoms with E-state index in [0.717, 1.165) is 17.0 Å². The van der Waals surface area contributed by atoms with Crippen LogP contribution >= 0.6 is 0 Å². The molecular weight excluding hydrogens is 256 g/mol. The van der Waals surface area contributed by atoms with Crippen LogP contribution in [0.15, 0.2) is 18.2 Å². The fourth-order valence-corrected chi connectivity index (χ4v) is 2.26. The van der Waals surface area contributed by atoms with Gasteiger partial charge in [-0.25, -0.2) is 13.6 Å². The number of likely N-dealkylation sites (tertiary alicyclic amines) is 1. The number of aliphatic carboxylic acids is 1. The zero-order chi connectivity index (χ0) is 14.0. The molecule has 1 fully saturated rings. The van der Waals surface area contributed by atoms with Crippen molar-refractivity contribution in [3.63, 3.8) is 0 Å². The van der Waals surface area contributed by atoms with E-state index in [-0.39, 0.29) is 6.54 Å². The number of nitrogens with zero attached hydrogens (tertiary/aromatic N) is 1. The van der Waals surface area contributed by atoms with Gasteiger partial charge in [0.25, 0.3) is 5.91 Å². The standard InChI is InChI=1S/C13H13F2NO3/c14-9-5-3-4-8(11(9)15)12(17)16-7-2-1-6-10(16)13(18)19/h3-5,10H,1-2,6-7H2,(H,18,19). The third kappa shape index (κ3) is 2.57. The number of carboxylic acids is 1. The largest absolute Gasteiger partial charge is 0.480 e. The molecule has 6 heteroatoms. The van der Waals surface area contributed by atoms with Gasteiger partial charge in [-0.15, -0.1) is 0 Å². The zero-order valence-corrected chi connectivity index (χ0v) is 10.1. The van der Waals surface area contributed by atoms with Crippen LogP contribution in [0.25, 0.3) is 0 Å². The minimum absolute atomic E-state index is 0.242. The Hall–Kier alpha value is -1.98. The molecule has 1 atom stereocenters. The predicted molar refractivity (Wildman–Crippen MR) is 62.7 cm³/mol. The molecule has 1 saturated heterocycles. The first-order valence-corrected chi connectivity index (χ1v) is 6.00.